The normalized spacial score (nSPS) is 12.4. The van der Waals surface area contributed by atoms with Crippen molar-refractivity contribution in [3.63, 3.8) is 0 Å². The average molecular weight is 313 g/mol. The molecule has 18 heavy (non-hydrogen) atoms. The number of nitrogens with zero attached hydrogens (tertiary/aromatic N) is 1. The Hall–Kier alpha value is -1.33. The third-order valence-corrected chi connectivity index (χ3v) is 3.25. The molecule has 5 heteroatoms. The fraction of sp³-hybridized carbons (Fsp3) is 0.154. The maximum absolute atomic E-state index is 13.5. The topological polar surface area (TPSA) is 38.9 Å². The molecule has 1 aromatic heterocycles. The van der Waals surface area contributed by atoms with Crippen molar-refractivity contribution in [1.82, 2.24) is 4.98 Å². The number of benzene rings is 1. The Bertz CT molecular complexity index is 560. The molecule has 0 radical (unpaired) electrons. The van der Waals surface area contributed by atoms with Crippen molar-refractivity contribution >= 4 is 15.9 Å². The number of halogens is 3. The number of aromatic nitrogens is 1. The van der Waals surface area contributed by atoms with E-state index in [2.05, 4.69) is 20.9 Å². The fourth-order valence-electron chi connectivity index (χ4n) is 1.72. The van der Waals surface area contributed by atoms with Gasteiger partial charge in [0.25, 0.3) is 0 Å². The van der Waals surface area contributed by atoms with E-state index < -0.39 is 11.9 Å². The van der Waals surface area contributed by atoms with Crippen molar-refractivity contribution in [2.75, 3.05) is 0 Å². The standard InChI is InChI=1S/C13H11BrF2N2/c14-10-5-8(1-2-11(10)15)6-13(17)9-3-4-18-7-12(9)16/h1-5,7,13H,6,17H2. The second-order valence-corrected chi connectivity index (χ2v) is 4.81. The van der Waals surface area contributed by atoms with Crippen LogP contribution < -0.4 is 5.73 Å². The lowest BCUT2D eigenvalue weighted by Gasteiger charge is -2.13. The molecule has 2 N–H and O–H groups in total. The number of hydrogen-bond donors (Lipinski definition) is 1. The summed E-state index contributed by atoms with van der Waals surface area (Å²) in [7, 11) is 0. The van der Waals surface area contributed by atoms with Gasteiger partial charge in [0.15, 0.2) is 0 Å². The van der Waals surface area contributed by atoms with E-state index in [1.54, 1.807) is 18.2 Å². The minimum absolute atomic E-state index is 0.331. The van der Waals surface area contributed by atoms with Crippen molar-refractivity contribution in [3.8, 4) is 0 Å². The summed E-state index contributed by atoms with van der Waals surface area (Å²) >= 11 is 3.11. The van der Waals surface area contributed by atoms with Crippen molar-refractivity contribution in [2.45, 2.75) is 12.5 Å². The van der Waals surface area contributed by atoms with Gasteiger partial charge in [0.05, 0.1) is 10.7 Å². The summed E-state index contributed by atoms with van der Waals surface area (Å²) in [5.41, 5.74) is 7.19. The Labute approximate surface area is 112 Å². The predicted molar refractivity (Wildman–Crippen MR) is 68.9 cm³/mol. The first-order chi connectivity index (χ1) is 8.58. The summed E-state index contributed by atoms with van der Waals surface area (Å²) in [4.78, 5) is 3.67. The molecule has 0 saturated heterocycles. The van der Waals surface area contributed by atoms with E-state index in [4.69, 9.17) is 5.73 Å². The third-order valence-electron chi connectivity index (χ3n) is 2.64. The van der Waals surface area contributed by atoms with Crippen molar-refractivity contribution in [1.29, 1.82) is 0 Å². The van der Waals surface area contributed by atoms with E-state index in [0.29, 0.717) is 16.5 Å². The van der Waals surface area contributed by atoms with Crippen LogP contribution in [0.2, 0.25) is 0 Å². The Kier molecular flexibility index (Phi) is 4.04. The molecule has 1 atom stereocenters. The van der Waals surface area contributed by atoms with Crippen LogP contribution in [0.1, 0.15) is 17.2 Å². The molecule has 0 amide bonds. The first-order valence-electron chi connectivity index (χ1n) is 5.37. The molecule has 1 aromatic carbocycles. The summed E-state index contributed by atoms with van der Waals surface area (Å²) in [6, 6.07) is 5.71. The van der Waals surface area contributed by atoms with E-state index in [9.17, 15) is 8.78 Å². The van der Waals surface area contributed by atoms with Crippen LogP contribution in [-0.2, 0) is 6.42 Å². The molecule has 0 aliphatic rings. The monoisotopic (exact) mass is 312 g/mol. The van der Waals surface area contributed by atoms with E-state index in [0.717, 1.165) is 11.8 Å². The zero-order valence-corrected chi connectivity index (χ0v) is 11.0. The second kappa shape index (κ2) is 5.54. The molecule has 1 unspecified atom stereocenters. The van der Waals surface area contributed by atoms with Gasteiger partial charge in [0, 0.05) is 17.8 Å². The molecule has 0 saturated carbocycles. The van der Waals surface area contributed by atoms with Gasteiger partial charge in [-0.1, -0.05) is 6.07 Å². The highest BCUT2D eigenvalue weighted by Crippen LogP contribution is 2.22. The van der Waals surface area contributed by atoms with Gasteiger partial charge in [-0.15, -0.1) is 0 Å². The molecule has 94 valence electrons. The largest absolute Gasteiger partial charge is 0.324 e. The zero-order valence-electron chi connectivity index (χ0n) is 9.41. The number of pyridine rings is 1. The van der Waals surface area contributed by atoms with Crippen molar-refractivity contribution < 1.29 is 8.78 Å². The highest BCUT2D eigenvalue weighted by molar-refractivity contribution is 9.10. The molecular weight excluding hydrogens is 302 g/mol. The minimum Gasteiger partial charge on any atom is -0.324 e. The number of rotatable bonds is 3. The second-order valence-electron chi connectivity index (χ2n) is 3.96. The average Bonchev–Trinajstić information content (AvgIpc) is 2.34. The lowest BCUT2D eigenvalue weighted by molar-refractivity contribution is 0.573. The van der Waals surface area contributed by atoms with Gasteiger partial charge in [-0.2, -0.15) is 0 Å². The van der Waals surface area contributed by atoms with Crippen LogP contribution in [0.3, 0.4) is 0 Å². The zero-order chi connectivity index (χ0) is 13.1. The van der Waals surface area contributed by atoms with Crippen LogP contribution in [0.4, 0.5) is 8.78 Å². The maximum atomic E-state index is 13.5. The van der Waals surface area contributed by atoms with Crippen LogP contribution >= 0.6 is 15.9 Å². The smallest absolute Gasteiger partial charge is 0.146 e. The molecule has 0 aliphatic carbocycles. The molecule has 2 rings (SSSR count). The Morgan fingerprint density at radius 2 is 2.00 bits per heavy atom. The van der Waals surface area contributed by atoms with Gasteiger partial charge in [-0.3, -0.25) is 4.98 Å². The van der Waals surface area contributed by atoms with Gasteiger partial charge < -0.3 is 5.73 Å². The van der Waals surface area contributed by atoms with E-state index in [-0.39, 0.29) is 5.82 Å². The molecule has 0 aliphatic heterocycles. The molecule has 2 aromatic rings. The summed E-state index contributed by atoms with van der Waals surface area (Å²) in [5, 5.41) is 0. The number of hydrogen-bond acceptors (Lipinski definition) is 2. The van der Waals surface area contributed by atoms with Gasteiger partial charge in [0.2, 0.25) is 0 Å². The third kappa shape index (κ3) is 2.91. The molecule has 0 fully saturated rings. The molecule has 0 spiro atoms. The van der Waals surface area contributed by atoms with E-state index in [1.165, 1.54) is 12.3 Å². The van der Waals surface area contributed by atoms with Crippen LogP contribution in [0.5, 0.6) is 0 Å². The van der Waals surface area contributed by atoms with Crippen molar-refractivity contribution in [2.24, 2.45) is 5.73 Å². The quantitative estimate of drug-likeness (QED) is 0.943. The van der Waals surface area contributed by atoms with Gasteiger partial charge >= 0.3 is 0 Å². The highest BCUT2D eigenvalue weighted by atomic mass is 79.9. The lowest BCUT2D eigenvalue weighted by atomic mass is 10.0. The molecule has 2 nitrogen and oxygen atoms in total. The first-order valence-corrected chi connectivity index (χ1v) is 6.16. The Morgan fingerprint density at radius 1 is 1.22 bits per heavy atom. The maximum Gasteiger partial charge on any atom is 0.146 e. The van der Waals surface area contributed by atoms with Crippen LogP contribution in [0.25, 0.3) is 0 Å². The van der Waals surface area contributed by atoms with E-state index in [1.807, 2.05) is 0 Å². The summed E-state index contributed by atoms with van der Waals surface area (Å²) in [5.74, 6) is -0.756. The predicted octanol–water partition coefficient (Wildman–Crippen LogP) is 3.36. The SMILES string of the molecule is NC(Cc1ccc(F)c(Br)c1)c1ccncc1F. The van der Waals surface area contributed by atoms with Crippen LogP contribution in [-0.4, -0.2) is 4.98 Å². The minimum atomic E-state index is -0.481. The summed E-state index contributed by atoms with van der Waals surface area (Å²) in [6.45, 7) is 0. The number of nitrogens with two attached hydrogens (primary N) is 1. The fourth-order valence-corrected chi connectivity index (χ4v) is 2.14. The Balaban J connectivity index is 2.19. The van der Waals surface area contributed by atoms with Crippen LogP contribution in [0, 0.1) is 11.6 Å². The van der Waals surface area contributed by atoms with Gasteiger partial charge in [-0.25, -0.2) is 8.78 Å². The van der Waals surface area contributed by atoms with E-state index >= 15 is 0 Å². The molecule has 1 heterocycles. The van der Waals surface area contributed by atoms with Crippen molar-refractivity contribution in [3.05, 3.63) is 63.9 Å². The lowest BCUT2D eigenvalue weighted by Crippen LogP contribution is -2.15. The Morgan fingerprint density at radius 3 is 2.67 bits per heavy atom. The molecule has 0 bridgehead atoms. The first kappa shape index (κ1) is 13.1. The molecular formula is C13H11BrF2N2. The van der Waals surface area contributed by atoms with Gasteiger partial charge in [0.1, 0.15) is 11.6 Å². The summed E-state index contributed by atoms with van der Waals surface area (Å²) < 4.78 is 26.9. The van der Waals surface area contributed by atoms with Crippen LogP contribution in [0.15, 0.2) is 41.1 Å². The highest BCUT2D eigenvalue weighted by Gasteiger charge is 2.12. The summed E-state index contributed by atoms with van der Waals surface area (Å²) in [6.07, 6.45) is 3.06. The van der Waals surface area contributed by atoms with Gasteiger partial charge in [-0.05, 0) is 46.1 Å².